The molecule has 1 heterocycles. The van der Waals surface area contributed by atoms with E-state index >= 15 is 0 Å². The summed E-state index contributed by atoms with van der Waals surface area (Å²) in [7, 11) is 0. The maximum atomic E-state index is 4.39. The zero-order valence-corrected chi connectivity index (χ0v) is 10.3. The van der Waals surface area contributed by atoms with Gasteiger partial charge in [-0.05, 0) is 24.4 Å². The second-order valence-corrected chi connectivity index (χ2v) is 4.98. The first-order chi connectivity index (χ1) is 6.95. The molecule has 0 fully saturated rings. The number of hydrogen-bond acceptors (Lipinski definition) is 3. The average Bonchev–Trinajstić information content (AvgIpc) is 2.14. The van der Waals surface area contributed by atoms with Gasteiger partial charge in [0.2, 0.25) is 0 Å². The van der Waals surface area contributed by atoms with Crippen LogP contribution >= 0.6 is 0 Å². The minimum atomic E-state index is 0.130. The SMILES string of the molecule is CCNC(c1ncc(C)cn1)C(C)(C)C. The average molecular weight is 207 g/mol. The van der Waals surface area contributed by atoms with E-state index in [0.29, 0.717) is 0 Å². The molecule has 1 aromatic heterocycles. The fraction of sp³-hybridized carbons (Fsp3) is 0.667. The van der Waals surface area contributed by atoms with Gasteiger partial charge >= 0.3 is 0 Å². The van der Waals surface area contributed by atoms with Gasteiger partial charge in [-0.15, -0.1) is 0 Å². The van der Waals surface area contributed by atoms with Gasteiger partial charge < -0.3 is 5.32 Å². The predicted molar refractivity (Wildman–Crippen MR) is 62.6 cm³/mol. The van der Waals surface area contributed by atoms with E-state index in [2.05, 4.69) is 43.0 Å². The summed E-state index contributed by atoms with van der Waals surface area (Å²) in [6.07, 6.45) is 3.75. The van der Waals surface area contributed by atoms with Crippen LogP contribution in [0.5, 0.6) is 0 Å². The number of rotatable bonds is 3. The molecule has 0 aliphatic carbocycles. The van der Waals surface area contributed by atoms with Gasteiger partial charge in [0.25, 0.3) is 0 Å². The van der Waals surface area contributed by atoms with Crippen LogP contribution in [-0.4, -0.2) is 16.5 Å². The molecule has 0 aliphatic rings. The van der Waals surface area contributed by atoms with Crippen molar-refractivity contribution in [3.05, 3.63) is 23.8 Å². The van der Waals surface area contributed by atoms with Crippen molar-refractivity contribution in [2.24, 2.45) is 5.41 Å². The number of hydrogen-bond donors (Lipinski definition) is 1. The minimum absolute atomic E-state index is 0.130. The van der Waals surface area contributed by atoms with Crippen molar-refractivity contribution >= 4 is 0 Å². The van der Waals surface area contributed by atoms with Crippen LogP contribution in [0.25, 0.3) is 0 Å². The van der Waals surface area contributed by atoms with Gasteiger partial charge in [0.05, 0.1) is 6.04 Å². The Morgan fingerprint density at radius 3 is 2.20 bits per heavy atom. The van der Waals surface area contributed by atoms with Gasteiger partial charge in [-0.1, -0.05) is 27.7 Å². The first kappa shape index (κ1) is 12.1. The molecule has 1 atom stereocenters. The molecular weight excluding hydrogens is 186 g/mol. The molecule has 0 aromatic carbocycles. The first-order valence-electron chi connectivity index (χ1n) is 5.47. The summed E-state index contributed by atoms with van der Waals surface area (Å²) in [6.45, 7) is 11.6. The highest BCUT2D eigenvalue weighted by molar-refractivity contribution is 5.06. The highest BCUT2D eigenvalue weighted by Crippen LogP contribution is 2.30. The summed E-state index contributed by atoms with van der Waals surface area (Å²) < 4.78 is 0. The van der Waals surface area contributed by atoms with E-state index in [0.717, 1.165) is 17.9 Å². The molecule has 1 rings (SSSR count). The van der Waals surface area contributed by atoms with Crippen LogP contribution in [0.1, 0.15) is 45.1 Å². The Balaban J connectivity index is 2.94. The summed E-state index contributed by atoms with van der Waals surface area (Å²) in [4.78, 5) is 8.78. The lowest BCUT2D eigenvalue weighted by molar-refractivity contribution is 0.265. The van der Waals surface area contributed by atoms with Gasteiger partial charge in [0.15, 0.2) is 0 Å². The third-order valence-electron chi connectivity index (χ3n) is 2.33. The normalized spacial score (nSPS) is 13.9. The second-order valence-electron chi connectivity index (χ2n) is 4.98. The zero-order chi connectivity index (χ0) is 11.5. The minimum Gasteiger partial charge on any atom is -0.307 e. The Bertz CT molecular complexity index is 298. The molecule has 3 nitrogen and oxygen atoms in total. The van der Waals surface area contributed by atoms with Crippen LogP contribution in [0.3, 0.4) is 0 Å². The Morgan fingerprint density at radius 1 is 1.27 bits per heavy atom. The molecule has 15 heavy (non-hydrogen) atoms. The summed E-state index contributed by atoms with van der Waals surface area (Å²) in [5.41, 5.74) is 1.23. The van der Waals surface area contributed by atoms with Crippen molar-refractivity contribution < 1.29 is 0 Å². The van der Waals surface area contributed by atoms with Gasteiger partial charge in [-0.25, -0.2) is 9.97 Å². The fourth-order valence-electron chi connectivity index (χ4n) is 1.54. The maximum Gasteiger partial charge on any atom is 0.145 e. The van der Waals surface area contributed by atoms with E-state index in [9.17, 15) is 0 Å². The second kappa shape index (κ2) is 4.71. The molecule has 0 radical (unpaired) electrons. The van der Waals surface area contributed by atoms with E-state index in [1.54, 1.807) is 0 Å². The Kier molecular flexibility index (Phi) is 3.80. The molecule has 84 valence electrons. The summed E-state index contributed by atoms with van der Waals surface area (Å²) >= 11 is 0. The molecular formula is C12H21N3. The summed E-state index contributed by atoms with van der Waals surface area (Å²) in [6, 6.07) is 0.211. The van der Waals surface area contributed by atoms with Gasteiger partial charge in [0.1, 0.15) is 5.82 Å². The van der Waals surface area contributed by atoms with Gasteiger partial charge in [0, 0.05) is 12.4 Å². The lowest BCUT2D eigenvalue weighted by Gasteiger charge is -2.29. The van der Waals surface area contributed by atoms with Crippen molar-refractivity contribution in [1.82, 2.24) is 15.3 Å². The summed E-state index contributed by atoms with van der Waals surface area (Å²) in [5.74, 6) is 0.884. The monoisotopic (exact) mass is 207 g/mol. The van der Waals surface area contributed by atoms with Crippen molar-refractivity contribution in [2.45, 2.75) is 40.7 Å². The molecule has 0 spiro atoms. The Hall–Kier alpha value is -0.960. The van der Waals surface area contributed by atoms with Crippen LogP contribution in [-0.2, 0) is 0 Å². The number of aryl methyl sites for hydroxylation is 1. The largest absolute Gasteiger partial charge is 0.307 e. The van der Waals surface area contributed by atoms with Crippen LogP contribution in [0.4, 0.5) is 0 Å². The quantitative estimate of drug-likeness (QED) is 0.827. The maximum absolute atomic E-state index is 4.39. The van der Waals surface area contributed by atoms with Crippen LogP contribution < -0.4 is 5.32 Å². The zero-order valence-electron chi connectivity index (χ0n) is 10.3. The van der Waals surface area contributed by atoms with E-state index in [1.165, 1.54) is 0 Å². The fourth-order valence-corrected chi connectivity index (χ4v) is 1.54. The Labute approximate surface area is 92.3 Å². The molecule has 0 aliphatic heterocycles. The molecule has 0 saturated heterocycles. The van der Waals surface area contributed by atoms with E-state index < -0.39 is 0 Å². The predicted octanol–water partition coefficient (Wildman–Crippen LogP) is 2.48. The molecule has 0 bridgehead atoms. The van der Waals surface area contributed by atoms with Crippen molar-refractivity contribution in [3.63, 3.8) is 0 Å². The van der Waals surface area contributed by atoms with Crippen molar-refractivity contribution in [3.8, 4) is 0 Å². The number of nitrogens with zero attached hydrogens (tertiary/aromatic N) is 2. The van der Waals surface area contributed by atoms with Crippen LogP contribution in [0.2, 0.25) is 0 Å². The van der Waals surface area contributed by atoms with Crippen LogP contribution in [0.15, 0.2) is 12.4 Å². The lowest BCUT2D eigenvalue weighted by atomic mass is 9.86. The molecule has 1 unspecified atom stereocenters. The molecule has 3 heteroatoms. The molecule has 1 N–H and O–H groups in total. The van der Waals surface area contributed by atoms with Crippen molar-refractivity contribution in [1.29, 1.82) is 0 Å². The number of nitrogens with one attached hydrogen (secondary N) is 1. The lowest BCUT2D eigenvalue weighted by Crippen LogP contribution is -2.33. The highest BCUT2D eigenvalue weighted by atomic mass is 15.0. The molecule has 1 aromatic rings. The van der Waals surface area contributed by atoms with Crippen molar-refractivity contribution in [2.75, 3.05) is 6.54 Å². The highest BCUT2D eigenvalue weighted by Gasteiger charge is 2.27. The molecule has 0 amide bonds. The third kappa shape index (κ3) is 3.27. The van der Waals surface area contributed by atoms with E-state index in [1.807, 2.05) is 19.3 Å². The van der Waals surface area contributed by atoms with Crippen LogP contribution in [0, 0.1) is 12.3 Å². The summed E-state index contributed by atoms with van der Waals surface area (Å²) in [5, 5.41) is 3.43. The van der Waals surface area contributed by atoms with E-state index in [4.69, 9.17) is 0 Å². The number of aromatic nitrogens is 2. The third-order valence-corrected chi connectivity index (χ3v) is 2.33. The topological polar surface area (TPSA) is 37.8 Å². The molecule has 0 saturated carbocycles. The van der Waals surface area contributed by atoms with E-state index in [-0.39, 0.29) is 11.5 Å². The van der Waals surface area contributed by atoms with Gasteiger partial charge in [-0.3, -0.25) is 0 Å². The first-order valence-corrected chi connectivity index (χ1v) is 5.47. The Morgan fingerprint density at radius 2 is 1.80 bits per heavy atom. The standard InChI is InChI=1S/C12H21N3/c1-6-13-10(12(3,4)5)11-14-7-9(2)8-15-11/h7-8,10,13H,6H2,1-5H3. The smallest absolute Gasteiger partial charge is 0.145 e. The van der Waals surface area contributed by atoms with Gasteiger partial charge in [-0.2, -0.15) is 0 Å².